The first-order chi connectivity index (χ1) is 8.09. The summed E-state index contributed by atoms with van der Waals surface area (Å²) in [5.41, 5.74) is 0.634. The highest BCUT2D eigenvalue weighted by molar-refractivity contribution is 7.10. The number of aromatic nitrogens is 1. The van der Waals surface area contributed by atoms with Gasteiger partial charge in [0.05, 0.1) is 5.69 Å². The summed E-state index contributed by atoms with van der Waals surface area (Å²) in [6.45, 7) is 2.33. The smallest absolute Gasteiger partial charge is 0.340 e. The Labute approximate surface area is 102 Å². The zero-order valence-corrected chi connectivity index (χ0v) is 10.1. The lowest BCUT2D eigenvalue weighted by atomic mass is 10.1. The minimum atomic E-state index is -1.02. The lowest BCUT2D eigenvalue weighted by molar-refractivity contribution is -0.123. The van der Waals surface area contributed by atoms with Crippen LogP contribution in [0, 0.1) is 6.92 Å². The van der Waals surface area contributed by atoms with Crippen LogP contribution in [0.3, 0.4) is 0 Å². The molecule has 1 aromatic heterocycles. The molecule has 1 fully saturated rings. The SMILES string of the molecule is Cc1nsc(NC2CCCNC2=O)c1C(=O)O. The second-order valence-corrected chi connectivity index (χ2v) is 4.68. The maximum atomic E-state index is 11.5. The van der Waals surface area contributed by atoms with Crippen molar-refractivity contribution < 1.29 is 14.7 Å². The van der Waals surface area contributed by atoms with E-state index in [4.69, 9.17) is 5.11 Å². The van der Waals surface area contributed by atoms with Gasteiger partial charge in [-0.3, -0.25) is 4.79 Å². The molecule has 6 nitrogen and oxygen atoms in total. The fraction of sp³-hybridized carbons (Fsp3) is 0.500. The molecule has 17 heavy (non-hydrogen) atoms. The van der Waals surface area contributed by atoms with Crippen LogP contribution in [0.15, 0.2) is 0 Å². The van der Waals surface area contributed by atoms with Crippen LogP contribution in [0.2, 0.25) is 0 Å². The third-order valence-electron chi connectivity index (χ3n) is 2.67. The summed E-state index contributed by atoms with van der Waals surface area (Å²) in [6.07, 6.45) is 1.60. The first-order valence-electron chi connectivity index (χ1n) is 5.33. The van der Waals surface area contributed by atoms with E-state index in [2.05, 4.69) is 15.0 Å². The number of nitrogens with one attached hydrogen (secondary N) is 2. The molecule has 0 saturated carbocycles. The van der Waals surface area contributed by atoms with Crippen LogP contribution in [0.1, 0.15) is 28.9 Å². The summed E-state index contributed by atoms with van der Waals surface area (Å²) >= 11 is 1.08. The molecule has 7 heteroatoms. The summed E-state index contributed by atoms with van der Waals surface area (Å²) in [5.74, 6) is -1.10. The van der Waals surface area contributed by atoms with Crippen molar-refractivity contribution in [1.29, 1.82) is 0 Å². The quantitative estimate of drug-likeness (QED) is 0.744. The standard InChI is InChI=1S/C10H13N3O3S/c1-5-7(10(15)16)9(17-13-5)12-6-3-2-4-11-8(6)14/h6,12H,2-4H2,1H3,(H,11,14)(H,15,16). The zero-order chi connectivity index (χ0) is 12.4. The fourth-order valence-electron chi connectivity index (χ4n) is 1.79. The van der Waals surface area contributed by atoms with Crippen molar-refractivity contribution in [3.8, 4) is 0 Å². The number of carboxylic acids is 1. The molecule has 0 aliphatic carbocycles. The lowest BCUT2D eigenvalue weighted by Crippen LogP contribution is -2.44. The molecule has 1 aromatic rings. The van der Waals surface area contributed by atoms with E-state index >= 15 is 0 Å². The lowest BCUT2D eigenvalue weighted by Gasteiger charge is -2.22. The Morgan fingerprint density at radius 1 is 1.65 bits per heavy atom. The number of carboxylic acid groups (broad SMARTS) is 1. The molecule has 0 spiro atoms. The van der Waals surface area contributed by atoms with Crippen molar-refractivity contribution in [3.05, 3.63) is 11.3 Å². The highest BCUT2D eigenvalue weighted by Gasteiger charge is 2.25. The first kappa shape index (κ1) is 11.8. The molecule has 92 valence electrons. The summed E-state index contributed by atoms with van der Waals surface area (Å²) in [5, 5.41) is 15.2. The number of hydrogen-bond acceptors (Lipinski definition) is 5. The van der Waals surface area contributed by atoms with Gasteiger partial charge >= 0.3 is 5.97 Å². The summed E-state index contributed by atoms with van der Waals surface area (Å²) < 4.78 is 3.99. The number of carbonyl (C=O) groups excluding carboxylic acids is 1. The van der Waals surface area contributed by atoms with Gasteiger partial charge in [0.25, 0.3) is 0 Å². The number of aromatic carboxylic acids is 1. The summed E-state index contributed by atoms with van der Waals surface area (Å²) in [6, 6.07) is -0.360. The van der Waals surface area contributed by atoms with Crippen LogP contribution in [0.25, 0.3) is 0 Å². The molecule has 0 radical (unpaired) electrons. The Morgan fingerprint density at radius 3 is 3.06 bits per heavy atom. The van der Waals surface area contributed by atoms with E-state index in [9.17, 15) is 9.59 Å². The maximum Gasteiger partial charge on any atom is 0.340 e. The molecule has 0 bridgehead atoms. The van der Waals surface area contributed by atoms with Crippen LogP contribution >= 0.6 is 11.5 Å². The number of aryl methyl sites for hydroxylation is 1. The number of hydrogen-bond donors (Lipinski definition) is 3. The average Bonchev–Trinajstić information content (AvgIpc) is 2.63. The van der Waals surface area contributed by atoms with Crippen LogP contribution in [-0.2, 0) is 4.79 Å². The van der Waals surface area contributed by atoms with Gasteiger partial charge in [-0.05, 0) is 31.3 Å². The Balaban J connectivity index is 2.18. The van der Waals surface area contributed by atoms with Crippen molar-refractivity contribution in [2.75, 3.05) is 11.9 Å². The minimum absolute atomic E-state index is 0.0846. The number of carbonyl (C=O) groups is 2. The number of amides is 1. The normalized spacial score (nSPS) is 19.8. The van der Waals surface area contributed by atoms with Gasteiger partial charge in [-0.2, -0.15) is 4.37 Å². The average molecular weight is 255 g/mol. The van der Waals surface area contributed by atoms with Crippen molar-refractivity contribution in [1.82, 2.24) is 9.69 Å². The predicted molar refractivity (Wildman–Crippen MR) is 63.5 cm³/mol. The van der Waals surface area contributed by atoms with E-state index in [1.165, 1.54) is 0 Å². The molecule has 1 amide bonds. The molecule has 2 rings (SSSR count). The summed E-state index contributed by atoms with van der Waals surface area (Å²) in [7, 11) is 0. The summed E-state index contributed by atoms with van der Waals surface area (Å²) in [4.78, 5) is 22.6. The number of rotatable bonds is 3. The Kier molecular flexibility index (Phi) is 3.28. The minimum Gasteiger partial charge on any atom is -0.478 e. The largest absolute Gasteiger partial charge is 0.478 e. The van der Waals surface area contributed by atoms with Gasteiger partial charge in [-0.25, -0.2) is 4.79 Å². The molecule has 1 aliphatic heterocycles. The van der Waals surface area contributed by atoms with E-state index in [0.717, 1.165) is 18.0 Å². The number of nitrogens with zero attached hydrogens (tertiary/aromatic N) is 1. The van der Waals surface area contributed by atoms with Crippen molar-refractivity contribution in [3.63, 3.8) is 0 Å². The number of anilines is 1. The molecule has 1 atom stereocenters. The van der Waals surface area contributed by atoms with Gasteiger partial charge in [0.15, 0.2) is 0 Å². The third kappa shape index (κ3) is 2.38. The third-order valence-corrected chi connectivity index (χ3v) is 3.54. The van der Waals surface area contributed by atoms with E-state index in [-0.39, 0.29) is 17.5 Å². The fourth-order valence-corrected chi connectivity index (χ4v) is 2.63. The van der Waals surface area contributed by atoms with Gasteiger partial charge < -0.3 is 15.7 Å². The van der Waals surface area contributed by atoms with Gasteiger partial charge in [0.2, 0.25) is 5.91 Å². The molecule has 3 N–H and O–H groups in total. The maximum absolute atomic E-state index is 11.5. The molecular formula is C10H13N3O3S. The zero-order valence-electron chi connectivity index (χ0n) is 9.32. The second kappa shape index (κ2) is 4.70. The molecular weight excluding hydrogens is 242 g/mol. The van der Waals surface area contributed by atoms with Gasteiger partial charge in [-0.1, -0.05) is 0 Å². The van der Waals surface area contributed by atoms with Crippen molar-refractivity contribution in [2.24, 2.45) is 0 Å². The van der Waals surface area contributed by atoms with E-state index in [0.29, 0.717) is 23.7 Å². The van der Waals surface area contributed by atoms with Crippen LogP contribution in [-0.4, -0.2) is 33.9 Å². The number of piperidine rings is 1. The van der Waals surface area contributed by atoms with Gasteiger partial charge in [-0.15, -0.1) is 0 Å². The van der Waals surface area contributed by atoms with Crippen molar-refractivity contribution in [2.45, 2.75) is 25.8 Å². The molecule has 1 unspecified atom stereocenters. The monoisotopic (exact) mass is 255 g/mol. The van der Waals surface area contributed by atoms with Gasteiger partial charge in [0.1, 0.15) is 16.6 Å². The van der Waals surface area contributed by atoms with Crippen LogP contribution in [0.5, 0.6) is 0 Å². The Hall–Kier alpha value is -1.63. The Morgan fingerprint density at radius 2 is 2.41 bits per heavy atom. The van der Waals surface area contributed by atoms with Gasteiger partial charge in [0, 0.05) is 6.54 Å². The molecule has 1 aliphatic rings. The van der Waals surface area contributed by atoms with Crippen LogP contribution in [0.4, 0.5) is 5.00 Å². The molecule has 1 saturated heterocycles. The highest BCUT2D eigenvalue weighted by Crippen LogP contribution is 2.26. The second-order valence-electron chi connectivity index (χ2n) is 3.91. The Bertz CT molecular complexity index is 458. The van der Waals surface area contributed by atoms with E-state index in [1.807, 2.05) is 0 Å². The molecule has 0 aromatic carbocycles. The van der Waals surface area contributed by atoms with E-state index in [1.54, 1.807) is 6.92 Å². The topological polar surface area (TPSA) is 91.3 Å². The predicted octanol–water partition coefficient (Wildman–Crippen LogP) is 0.840. The van der Waals surface area contributed by atoms with E-state index < -0.39 is 5.97 Å². The molecule has 2 heterocycles. The first-order valence-corrected chi connectivity index (χ1v) is 6.10. The van der Waals surface area contributed by atoms with Crippen LogP contribution < -0.4 is 10.6 Å². The highest BCUT2D eigenvalue weighted by atomic mass is 32.1. The van der Waals surface area contributed by atoms with Crippen molar-refractivity contribution >= 4 is 28.4 Å².